The summed E-state index contributed by atoms with van der Waals surface area (Å²) in [5, 5.41) is 23.4. The number of aromatic hydroxyl groups is 2. The minimum atomic E-state index is -0.282. The largest absolute Gasteiger partial charge is 0.507 e. The Balaban J connectivity index is 1.94. The molecular weight excluding hydrogens is 481 g/mol. The number of morpholine rings is 1. The fraction of sp³-hybridized carbons (Fsp3) is 0.241. The molecule has 1 atom stereocenters. The number of ether oxygens (including phenoxy) is 1. The van der Waals surface area contributed by atoms with Gasteiger partial charge in [-0.25, -0.2) is 0 Å². The number of benzene rings is 3. The quantitative estimate of drug-likeness (QED) is 0.322. The second-order valence-electron chi connectivity index (χ2n) is 8.64. The van der Waals surface area contributed by atoms with Gasteiger partial charge in [0.25, 0.3) is 0 Å². The van der Waals surface area contributed by atoms with E-state index in [9.17, 15) is 10.2 Å². The van der Waals surface area contributed by atoms with E-state index in [2.05, 4.69) is 18.1 Å². The standard InChI is InChI=1S/C29H29Cl2NO3/c1-3-5-19-7-10-27(33)22(15-19)23-16-20(6-4-2)17-24(29(23)34)28(32-11-13-35-14-12-32)21-8-9-25(30)26(31)18-21/h3-4,7-10,15-18,28,33-34H,1-2,5-6,11-14H2. The van der Waals surface area contributed by atoms with E-state index < -0.39 is 0 Å². The lowest BCUT2D eigenvalue weighted by Gasteiger charge is -2.36. The van der Waals surface area contributed by atoms with Crippen LogP contribution in [0.15, 0.2) is 73.8 Å². The van der Waals surface area contributed by atoms with Crippen LogP contribution in [0.1, 0.15) is 28.3 Å². The van der Waals surface area contributed by atoms with Gasteiger partial charge >= 0.3 is 0 Å². The summed E-state index contributed by atoms with van der Waals surface area (Å²) in [6.07, 6.45) is 4.92. The Kier molecular flexibility index (Phi) is 8.19. The molecule has 35 heavy (non-hydrogen) atoms. The number of rotatable bonds is 8. The van der Waals surface area contributed by atoms with Crippen molar-refractivity contribution in [3.05, 3.63) is 106 Å². The molecule has 2 N–H and O–H groups in total. The Hall–Kier alpha value is -2.76. The number of nitrogens with zero attached hydrogens (tertiary/aromatic N) is 1. The highest BCUT2D eigenvalue weighted by molar-refractivity contribution is 6.42. The van der Waals surface area contributed by atoms with Gasteiger partial charge in [-0.15, -0.1) is 13.2 Å². The minimum Gasteiger partial charge on any atom is -0.507 e. The summed E-state index contributed by atoms with van der Waals surface area (Å²) in [7, 11) is 0. The molecule has 182 valence electrons. The second kappa shape index (κ2) is 11.3. The second-order valence-corrected chi connectivity index (χ2v) is 9.46. The molecule has 1 aliphatic heterocycles. The van der Waals surface area contributed by atoms with Crippen molar-refractivity contribution in [2.24, 2.45) is 0 Å². The van der Waals surface area contributed by atoms with E-state index in [4.69, 9.17) is 27.9 Å². The van der Waals surface area contributed by atoms with Gasteiger partial charge in [0.2, 0.25) is 0 Å². The summed E-state index contributed by atoms with van der Waals surface area (Å²) in [6.45, 7) is 10.3. The molecule has 1 aliphatic rings. The van der Waals surface area contributed by atoms with Crippen molar-refractivity contribution in [3.8, 4) is 22.6 Å². The zero-order valence-corrected chi connectivity index (χ0v) is 21.0. The van der Waals surface area contributed by atoms with Gasteiger partial charge in [0, 0.05) is 29.8 Å². The third-order valence-corrected chi connectivity index (χ3v) is 7.01. The first-order chi connectivity index (χ1) is 16.9. The smallest absolute Gasteiger partial charge is 0.128 e. The number of halogens is 2. The highest BCUT2D eigenvalue weighted by Crippen LogP contribution is 2.44. The number of hydrogen-bond donors (Lipinski definition) is 2. The lowest BCUT2D eigenvalue weighted by Crippen LogP contribution is -2.39. The number of phenols is 2. The monoisotopic (exact) mass is 509 g/mol. The summed E-state index contributed by atoms with van der Waals surface area (Å²) in [5.74, 6) is 0.221. The van der Waals surface area contributed by atoms with Crippen LogP contribution in [0.2, 0.25) is 10.0 Å². The van der Waals surface area contributed by atoms with E-state index in [1.165, 1.54) is 0 Å². The van der Waals surface area contributed by atoms with Crippen molar-refractivity contribution in [3.63, 3.8) is 0 Å². The maximum atomic E-state index is 11.7. The van der Waals surface area contributed by atoms with Crippen LogP contribution < -0.4 is 0 Å². The fourth-order valence-electron chi connectivity index (χ4n) is 4.62. The van der Waals surface area contributed by atoms with Crippen LogP contribution in [-0.2, 0) is 17.6 Å². The number of hydrogen-bond acceptors (Lipinski definition) is 4. The van der Waals surface area contributed by atoms with Crippen LogP contribution in [0.3, 0.4) is 0 Å². The highest BCUT2D eigenvalue weighted by atomic mass is 35.5. The predicted octanol–water partition coefficient (Wildman–Crippen LogP) is 6.95. The van der Waals surface area contributed by atoms with Crippen molar-refractivity contribution < 1.29 is 14.9 Å². The Morgan fingerprint density at radius 3 is 2.23 bits per heavy atom. The van der Waals surface area contributed by atoms with Gasteiger partial charge in [-0.1, -0.05) is 47.5 Å². The van der Waals surface area contributed by atoms with Crippen LogP contribution in [-0.4, -0.2) is 41.4 Å². The number of phenolic OH excluding ortho intramolecular Hbond substituents is 2. The lowest BCUT2D eigenvalue weighted by molar-refractivity contribution is 0.0236. The third kappa shape index (κ3) is 5.57. The maximum Gasteiger partial charge on any atom is 0.128 e. The van der Waals surface area contributed by atoms with Gasteiger partial charge in [-0.3, -0.25) is 4.90 Å². The van der Waals surface area contributed by atoms with E-state index in [1.54, 1.807) is 12.1 Å². The molecule has 0 spiro atoms. The van der Waals surface area contributed by atoms with Gasteiger partial charge < -0.3 is 14.9 Å². The Bertz CT molecular complexity index is 1230. The first-order valence-corrected chi connectivity index (χ1v) is 12.3. The van der Waals surface area contributed by atoms with E-state index in [0.29, 0.717) is 60.3 Å². The normalized spacial score (nSPS) is 15.0. The van der Waals surface area contributed by atoms with Crippen LogP contribution >= 0.6 is 23.2 Å². The first-order valence-electron chi connectivity index (χ1n) is 11.6. The molecule has 0 aliphatic carbocycles. The molecule has 1 saturated heterocycles. The third-order valence-electron chi connectivity index (χ3n) is 6.28. The van der Waals surface area contributed by atoms with Crippen molar-refractivity contribution in [2.75, 3.05) is 26.3 Å². The van der Waals surface area contributed by atoms with Crippen LogP contribution in [0.5, 0.6) is 11.5 Å². The van der Waals surface area contributed by atoms with Crippen LogP contribution in [0.25, 0.3) is 11.1 Å². The molecule has 0 radical (unpaired) electrons. The summed E-state index contributed by atoms with van der Waals surface area (Å²) in [6, 6.07) is 14.6. The minimum absolute atomic E-state index is 0.104. The van der Waals surface area contributed by atoms with Crippen molar-refractivity contribution in [1.29, 1.82) is 0 Å². The van der Waals surface area contributed by atoms with Crippen LogP contribution in [0, 0.1) is 0 Å². The molecule has 0 aromatic heterocycles. The average molecular weight is 510 g/mol. The van der Waals surface area contributed by atoms with E-state index in [-0.39, 0.29) is 17.5 Å². The van der Waals surface area contributed by atoms with Crippen molar-refractivity contribution in [2.45, 2.75) is 18.9 Å². The van der Waals surface area contributed by atoms with Gasteiger partial charge in [0.15, 0.2) is 0 Å². The summed E-state index contributed by atoms with van der Waals surface area (Å²) in [4.78, 5) is 2.27. The first kappa shape index (κ1) is 25.3. The summed E-state index contributed by atoms with van der Waals surface area (Å²) in [5.41, 5.74) is 4.77. The lowest BCUT2D eigenvalue weighted by atomic mass is 9.89. The summed E-state index contributed by atoms with van der Waals surface area (Å²) < 4.78 is 5.60. The predicted molar refractivity (Wildman–Crippen MR) is 144 cm³/mol. The van der Waals surface area contributed by atoms with Gasteiger partial charge in [-0.2, -0.15) is 0 Å². The molecule has 3 aromatic carbocycles. The fourth-order valence-corrected chi connectivity index (χ4v) is 4.92. The molecule has 1 heterocycles. The number of allylic oxidation sites excluding steroid dienone is 2. The SMILES string of the molecule is C=CCc1ccc(O)c(-c2cc(CC=C)cc(C(c3ccc(Cl)c(Cl)c3)N3CCOCC3)c2O)c1. The van der Waals surface area contributed by atoms with Gasteiger partial charge in [0.05, 0.1) is 29.3 Å². The Labute approximate surface area is 216 Å². The molecule has 0 saturated carbocycles. The molecule has 0 bridgehead atoms. The zero-order valence-electron chi connectivity index (χ0n) is 19.5. The Morgan fingerprint density at radius 1 is 0.857 bits per heavy atom. The topological polar surface area (TPSA) is 52.9 Å². The Morgan fingerprint density at radius 2 is 1.54 bits per heavy atom. The highest BCUT2D eigenvalue weighted by Gasteiger charge is 2.29. The molecule has 3 aromatic rings. The van der Waals surface area contributed by atoms with E-state index in [0.717, 1.165) is 22.3 Å². The average Bonchev–Trinajstić information content (AvgIpc) is 2.85. The van der Waals surface area contributed by atoms with Crippen molar-refractivity contribution in [1.82, 2.24) is 4.90 Å². The van der Waals surface area contributed by atoms with Gasteiger partial charge in [0.1, 0.15) is 11.5 Å². The van der Waals surface area contributed by atoms with Crippen molar-refractivity contribution >= 4 is 23.2 Å². The molecule has 1 fully saturated rings. The summed E-state index contributed by atoms with van der Waals surface area (Å²) >= 11 is 12.6. The molecule has 1 unspecified atom stereocenters. The maximum absolute atomic E-state index is 11.7. The molecule has 0 amide bonds. The van der Waals surface area contributed by atoms with E-state index >= 15 is 0 Å². The molecule has 4 nitrogen and oxygen atoms in total. The molecular formula is C29H29Cl2NO3. The van der Waals surface area contributed by atoms with Gasteiger partial charge in [-0.05, 0) is 65.9 Å². The molecule has 4 rings (SSSR count). The van der Waals surface area contributed by atoms with Crippen LogP contribution in [0.4, 0.5) is 0 Å². The molecule has 6 heteroatoms. The van der Waals surface area contributed by atoms with E-state index in [1.807, 2.05) is 48.6 Å². The zero-order chi connectivity index (χ0) is 24.9.